The molecule has 3 rings (SSSR count). The van der Waals surface area contributed by atoms with Gasteiger partial charge in [0.2, 0.25) is 0 Å². The van der Waals surface area contributed by atoms with Crippen LogP contribution in [0, 0.1) is 0 Å². The molecule has 0 radical (unpaired) electrons. The van der Waals surface area contributed by atoms with Crippen LogP contribution in [0.25, 0.3) is 21.9 Å². The van der Waals surface area contributed by atoms with Crippen molar-refractivity contribution in [3.63, 3.8) is 0 Å². The number of nitrogens with zero attached hydrogens (tertiary/aromatic N) is 2. The lowest BCUT2D eigenvalue weighted by Gasteiger charge is -2.25. The van der Waals surface area contributed by atoms with Crippen molar-refractivity contribution < 1.29 is 5.11 Å². The molecule has 0 aliphatic carbocycles. The molecular weight excluding hydrogens is 408 g/mol. The number of aliphatic hydroxyl groups excluding tert-OH is 1. The van der Waals surface area contributed by atoms with Gasteiger partial charge in [0, 0.05) is 23.7 Å². The van der Waals surface area contributed by atoms with Crippen molar-refractivity contribution in [1.29, 1.82) is 0 Å². The Balaban J connectivity index is 0.00000341. The molecule has 0 aliphatic rings. The van der Waals surface area contributed by atoms with E-state index in [-0.39, 0.29) is 18.0 Å². The van der Waals surface area contributed by atoms with E-state index in [4.69, 9.17) is 0 Å². The van der Waals surface area contributed by atoms with Crippen molar-refractivity contribution in [3.05, 3.63) is 71.1 Å². The van der Waals surface area contributed by atoms with Crippen LogP contribution in [0.4, 0.5) is 0 Å². The predicted octanol–water partition coefficient (Wildman–Crippen LogP) is 5.35. The maximum absolute atomic E-state index is 13.1. The molecule has 4 nitrogen and oxygen atoms in total. The Morgan fingerprint density at radius 1 is 0.903 bits per heavy atom. The molecule has 31 heavy (non-hydrogen) atoms. The smallest absolute Gasteiger partial charge is 0.258 e. The summed E-state index contributed by atoms with van der Waals surface area (Å²) in [6.07, 6.45) is 5.87. The number of rotatable bonds is 11. The second kappa shape index (κ2) is 12.7. The van der Waals surface area contributed by atoms with Gasteiger partial charge < -0.3 is 14.6 Å². The van der Waals surface area contributed by atoms with E-state index in [1.54, 1.807) is 4.57 Å². The van der Waals surface area contributed by atoms with Crippen LogP contribution in [0.3, 0.4) is 0 Å². The summed E-state index contributed by atoms with van der Waals surface area (Å²) in [5.74, 6) is 0. The zero-order valence-corrected chi connectivity index (χ0v) is 19.5. The third-order valence-electron chi connectivity index (χ3n) is 5.61. The zero-order chi connectivity index (χ0) is 21.3. The SMILES string of the molecule is CCCCN(CCCC)CC(O)Cn1cc(-c2ccccc2)c2ccccc2c1=O.Cl. The van der Waals surface area contributed by atoms with E-state index in [1.165, 1.54) is 0 Å². The van der Waals surface area contributed by atoms with Crippen LogP contribution in [-0.4, -0.2) is 40.3 Å². The van der Waals surface area contributed by atoms with Gasteiger partial charge in [0.15, 0.2) is 0 Å². The second-order valence-corrected chi connectivity index (χ2v) is 8.07. The molecule has 0 saturated carbocycles. The molecule has 0 aliphatic heterocycles. The van der Waals surface area contributed by atoms with Crippen molar-refractivity contribution in [3.8, 4) is 11.1 Å². The Labute approximate surface area is 191 Å². The second-order valence-electron chi connectivity index (χ2n) is 8.07. The molecule has 2 aromatic carbocycles. The number of aromatic nitrogens is 1. The number of hydrogen-bond acceptors (Lipinski definition) is 3. The van der Waals surface area contributed by atoms with Crippen LogP contribution in [0.2, 0.25) is 0 Å². The van der Waals surface area contributed by atoms with Crippen molar-refractivity contribution in [2.45, 2.75) is 52.2 Å². The van der Waals surface area contributed by atoms with Gasteiger partial charge >= 0.3 is 0 Å². The highest BCUT2D eigenvalue weighted by Crippen LogP contribution is 2.26. The van der Waals surface area contributed by atoms with Gasteiger partial charge in [-0.1, -0.05) is 75.2 Å². The van der Waals surface area contributed by atoms with Crippen LogP contribution in [0.15, 0.2) is 65.6 Å². The Kier molecular flexibility index (Phi) is 10.3. The maximum atomic E-state index is 13.1. The van der Waals surface area contributed by atoms with E-state index in [0.29, 0.717) is 18.5 Å². The maximum Gasteiger partial charge on any atom is 0.258 e. The van der Waals surface area contributed by atoms with E-state index in [1.807, 2.05) is 48.7 Å². The van der Waals surface area contributed by atoms with Crippen LogP contribution < -0.4 is 5.56 Å². The average molecular weight is 443 g/mol. The normalized spacial score (nSPS) is 12.1. The molecule has 3 aromatic rings. The molecule has 0 saturated heterocycles. The number of halogens is 1. The first-order valence-electron chi connectivity index (χ1n) is 11.2. The Bertz CT molecular complexity index is 980. The molecule has 0 amide bonds. The van der Waals surface area contributed by atoms with Crippen LogP contribution in [-0.2, 0) is 6.54 Å². The molecular formula is C26H35ClN2O2. The van der Waals surface area contributed by atoms with Crippen molar-refractivity contribution in [1.82, 2.24) is 9.47 Å². The summed E-state index contributed by atoms with van der Waals surface area (Å²) in [6.45, 7) is 7.27. The van der Waals surface area contributed by atoms with E-state index in [0.717, 1.165) is 55.3 Å². The standard InChI is InChI=1S/C26H34N2O2.ClH/c1-3-5-16-27(17-6-4-2)18-22(29)19-28-20-25(21-12-8-7-9-13-21)23-14-10-11-15-24(23)26(28)30;/h7-15,20,22,29H,3-6,16-19H2,1-2H3;1H. The summed E-state index contributed by atoms with van der Waals surface area (Å²) in [4.78, 5) is 15.5. The first-order chi connectivity index (χ1) is 14.6. The largest absolute Gasteiger partial charge is 0.390 e. The predicted molar refractivity (Wildman–Crippen MR) is 133 cm³/mol. The van der Waals surface area contributed by atoms with E-state index in [2.05, 4.69) is 30.9 Å². The molecule has 1 heterocycles. The summed E-state index contributed by atoms with van der Waals surface area (Å²) in [6, 6.07) is 17.9. The van der Waals surface area contributed by atoms with Gasteiger partial charge in [-0.3, -0.25) is 4.79 Å². The number of benzene rings is 2. The summed E-state index contributed by atoms with van der Waals surface area (Å²) < 4.78 is 1.69. The van der Waals surface area contributed by atoms with E-state index < -0.39 is 6.10 Å². The average Bonchev–Trinajstić information content (AvgIpc) is 2.78. The first-order valence-corrected chi connectivity index (χ1v) is 11.2. The highest BCUT2D eigenvalue weighted by Gasteiger charge is 2.15. The van der Waals surface area contributed by atoms with Crippen molar-refractivity contribution in [2.75, 3.05) is 19.6 Å². The highest BCUT2D eigenvalue weighted by molar-refractivity contribution is 5.95. The number of aliphatic hydroxyl groups is 1. The Morgan fingerprint density at radius 2 is 1.48 bits per heavy atom. The molecule has 0 spiro atoms. The van der Waals surface area contributed by atoms with Gasteiger partial charge in [-0.25, -0.2) is 0 Å². The quantitative estimate of drug-likeness (QED) is 0.435. The molecule has 0 bridgehead atoms. The molecule has 168 valence electrons. The summed E-state index contributed by atoms with van der Waals surface area (Å²) in [7, 11) is 0. The molecule has 1 unspecified atom stereocenters. The summed E-state index contributed by atoms with van der Waals surface area (Å²) in [5, 5.41) is 12.5. The number of hydrogen-bond donors (Lipinski definition) is 1. The van der Waals surface area contributed by atoms with Crippen LogP contribution in [0.1, 0.15) is 39.5 Å². The lowest BCUT2D eigenvalue weighted by atomic mass is 10.0. The van der Waals surface area contributed by atoms with E-state index >= 15 is 0 Å². The van der Waals surface area contributed by atoms with Crippen molar-refractivity contribution >= 4 is 23.2 Å². The third kappa shape index (κ3) is 6.67. The fraction of sp³-hybridized carbons (Fsp3) is 0.423. The van der Waals surface area contributed by atoms with Gasteiger partial charge in [0.1, 0.15) is 0 Å². The lowest BCUT2D eigenvalue weighted by molar-refractivity contribution is 0.0956. The van der Waals surface area contributed by atoms with Gasteiger partial charge in [-0.15, -0.1) is 12.4 Å². The number of pyridine rings is 1. The zero-order valence-electron chi connectivity index (χ0n) is 18.7. The number of unbranched alkanes of at least 4 members (excludes halogenated alkanes) is 2. The molecule has 5 heteroatoms. The molecule has 1 N–H and O–H groups in total. The highest BCUT2D eigenvalue weighted by atomic mass is 35.5. The van der Waals surface area contributed by atoms with Gasteiger partial charge in [0.25, 0.3) is 5.56 Å². The molecule has 1 atom stereocenters. The van der Waals surface area contributed by atoms with Crippen molar-refractivity contribution in [2.24, 2.45) is 0 Å². The van der Waals surface area contributed by atoms with Gasteiger partial charge in [-0.05, 0) is 42.9 Å². The van der Waals surface area contributed by atoms with Gasteiger partial charge in [-0.2, -0.15) is 0 Å². The minimum absolute atomic E-state index is 0. The molecule has 1 aromatic heterocycles. The fourth-order valence-electron chi connectivity index (χ4n) is 3.97. The molecule has 0 fully saturated rings. The number of fused-ring (bicyclic) bond motifs is 1. The summed E-state index contributed by atoms with van der Waals surface area (Å²) in [5.41, 5.74) is 2.05. The van der Waals surface area contributed by atoms with E-state index in [9.17, 15) is 9.90 Å². The Morgan fingerprint density at radius 3 is 2.10 bits per heavy atom. The van der Waals surface area contributed by atoms with Crippen LogP contribution >= 0.6 is 12.4 Å². The topological polar surface area (TPSA) is 45.5 Å². The first kappa shape index (κ1) is 25.1. The fourth-order valence-corrected chi connectivity index (χ4v) is 3.97. The van der Waals surface area contributed by atoms with Crippen LogP contribution in [0.5, 0.6) is 0 Å². The Hall–Kier alpha value is -2.14. The minimum Gasteiger partial charge on any atom is -0.390 e. The monoisotopic (exact) mass is 442 g/mol. The summed E-state index contributed by atoms with van der Waals surface area (Å²) >= 11 is 0. The lowest BCUT2D eigenvalue weighted by Crippen LogP contribution is -2.38. The van der Waals surface area contributed by atoms with Gasteiger partial charge in [0.05, 0.1) is 12.6 Å². The third-order valence-corrected chi connectivity index (χ3v) is 5.61. The minimum atomic E-state index is -0.582.